The molecular formula is C24H30N4O. The first-order chi connectivity index (χ1) is 14.1. The molecule has 1 aromatic carbocycles. The highest BCUT2D eigenvalue weighted by molar-refractivity contribution is 5.99. The third kappa shape index (κ3) is 2.89. The van der Waals surface area contributed by atoms with Gasteiger partial charge in [0, 0.05) is 5.54 Å². The maximum absolute atomic E-state index is 13.4. The number of carbonyl (C=O) groups excluding carboxylic acids is 1. The standard InChI is InChI=1S/C24H30N4O/c1-15-7-21(19-5-3-2-4-6-19)26-22-20(14-25-28(15)22)23(29)27-24-11-16-8-17(12-24)10-18(9-16)13-24/h2-6,14-18,21,26H,7-13H2,1H3,(H,27,29). The van der Waals surface area contributed by atoms with Crippen molar-refractivity contribution in [3.8, 4) is 0 Å². The number of hydrogen-bond donors (Lipinski definition) is 2. The third-order valence-electron chi connectivity index (χ3n) is 7.96. The van der Waals surface area contributed by atoms with Gasteiger partial charge in [-0.25, -0.2) is 4.68 Å². The monoisotopic (exact) mass is 390 g/mol. The van der Waals surface area contributed by atoms with Gasteiger partial charge in [-0.05, 0) is 75.2 Å². The molecule has 1 aliphatic heterocycles. The van der Waals surface area contributed by atoms with E-state index in [-0.39, 0.29) is 23.5 Å². The van der Waals surface area contributed by atoms with Crippen LogP contribution in [0.1, 0.15) is 79.9 Å². The van der Waals surface area contributed by atoms with Gasteiger partial charge in [-0.3, -0.25) is 4.79 Å². The van der Waals surface area contributed by atoms with E-state index in [0.717, 1.165) is 30.0 Å². The number of anilines is 1. The van der Waals surface area contributed by atoms with Crippen LogP contribution in [0.4, 0.5) is 5.82 Å². The second-order valence-electron chi connectivity index (χ2n) is 10.2. The molecule has 29 heavy (non-hydrogen) atoms. The molecule has 4 saturated carbocycles. The molecule has 2 N–H and O–H groups in total. The van der Waals surface area contributed by atoms with Crippen LogP contribution >= 0.6 is 0 Å². The fraction of sp³-hybridized carbons (Fsp3) is 0.583. The van der Waals surface area contributed by atoms with Gasteiger partial charge < -0.3 is 10.6 Å². The minimum atomic E-state index is 0.0275. The van der Waals surface area contributed by atoms with E-state index in [0.29, 0.717) is 5.56 Å². The van der Waals surface area contributed by atoms with Crippen molar-refractivity contribution >= 4 is 11.7 Å². The fourth-order valence-corrected chi connectivity index (χ4v) is 7.15. The molecule has 1 amide bonds. The second kappa shape index (κ2) is 6.35. The largest absolute Gasteiger partial charge is 0.363 e. The third-order valence-corrected chi connectivity index (χ3v) is 7.96. The first-order valence-electron chi connectivity index (χ1n) is 11.3. The molecule has 4 fully saturated rings. The van der Waals surface area contributed by atoms with E-state index in [4.69, 9.17) is 0 Å². The molecule has 4 aliphatic carbocycles. The van der Waals surface area contributed by atoms with E-state index < -0.39 is 0 Å². The smallest absolute Gasteiger partial charge is 0.257 e. The van der Waals surface area contributed by atoms with Crippen LogP contribution in [-0.4, -0.2) is 21.2 Å². The van der Waals surface area contributed by atoms with Gasteiger partial charge in [0.2, 0.25) is 0 Å². The average molecular weight is 391 g/mol. The summed E-state index contributed by atoms with van der Waals surface area (Å²) in [7, 11) is 0. The first kappa shape index (κ1) is 17.5. The molecular weight excluding hydrogens is 360 g/mol. The molecule has 0 radical (unpaired) electrons. The van der Waals surface area contributed by atoms with Crippen molar-refractivity contribution in [3.63, 3.8) is 0 Å². The number of nitrogens with one attached hydrogen (secondary N) is 2. The lowest BCUT2D eigenvalue weighted by Gasteiger charge is -2.56. The summed E-state index contributed by atoms with van der Waals surface area (Å²) in [6, 6.07) is 11.0. The Hall–Kier alpha value is -2.30. The van der Waals surface area contributed by atoms with E-state index >= 15 is 0 Å². The Kier molecular flexibility index (Phi) is 3.84. The molecule has 2 heterocycles. The number of hydrogen-bond acceptors (Lipinski definition) is 3. The Labute approximate surface area is 172 Å². The molecule has 2 unspecified atom stereocenters. The van der Waals surface area contributed by atoms with Crippen LogP contribution in [0.3, 0.4) is 0 Å². The van der Waals surface area contributed by atoms with Crippen molar-refractivity contribution in [1.29, 1.82) is 0 Å². The molecule has 1 aromatic heterocycles. The Morgan fingerprint density at radius 2 is 1.72 bits per heavy atom. The summed E-state index contributed by atoms with van der Waals surface area (Å²) in [6.07, 6.45) is 10.4. The predicted octanol–water partition coefficient (Wildman–Crippen LogP) is 4.70. The second-order valence-corrected chi connectivity index (χ2v) is 10.2. The zero-order chi connectivity index (χ0) is 19.6. The van der Waals surface area contributed by atoms with Crippen molar-refractivity contribution in [3.05, 3.63) is 47.7 Å². The van der Waals surface area contributed by atoms with E-state index in [1.165, 1.54) is 44.1 Å². The highest BCUT2D eigenvalue weighted by atomic mass is 16.1. The molecule has 2 atom stereocenters. The summed E-state index contributed by atoms with van der Waals surface area (Å²) in [5.41, 5.74) is 1.99. The molecule has 4 bridgehead atoms. The van der Waals surface area contributed by atoms with Crippen LogP contribution in [0.2, 0.25) is 0 Å². The quantitative estimate of drug-likeness (QED) is 0.799. The number of amides is 1. The summed E-state index contributed by atoms with van der Waals surface area (Å²) in [4.78, 5) is 13.4. The molecule has 0 saturated heterocycles. The Bertz CT molecular complexity index is 898. The maximum atomic E-state index is 13.4. The predicted molar refractivity (Wildman–Crippen MR) is 113 cm³/mol. The summed E-state index contributed by atoms with van der Waals surface area (Å²) < 4.78 is 1.99. The lowest BCUT2D eigenvalue weighted by Crippen LogP contribution is -2.59. The van der Waals surface area contributed by atoms with E-state index in [1.807, 2.05) is 10.7 Å². The minimum Gasteiger partial charge on any atom is -0.363 e. The van der Waals surface area contributed by atoms with Gasteiger partial charge in [0.15, 0.2) is 0 Å². The van der Waals surface area contributed by atoms with Crippen LogP contribution in [0.5, 0.6) is 0 Å². The van der Waals surface area contributed by atoms with Crippen molar-refractivity contribution in [2.24, 2.45) is 17.8 Å². The van der Waals surface area contributed by atoms with Crippen molar-refractivity contribution in [1.82, 2.24) is 15.1 Å². The first-order valence-corrected chi connectivity index (χ1v) is 11.3. The SMILES string of the molecule is CC1CC(c2ccccc2)Nc2c(C(=O)NC34CC5CC(CC(C5)C3)C4)cnn21. The molecule has 0 spiro atoms. The van der Waals surface area contributed by atoms with Crippen LogP contribution in [0.25, 0.3) is 0 Å². The van der Waals surface area contributed by atoms with Crippen molar-refractivity contribution < 1.29 is 4.79 Å². The molecule has 5 nitrogen and oxygen atoms in total. The molecule has 7 rings (SSSR count). The molecule has 5 aliphatic rings. The van der Waals surface area contributed by atoms with Gasteiger partial charge in [-0.2, -0.15) is 5.10 Å². The summed E-state index contributed by atoms with van der Waals surface area (Å²) >= 11 is 0. The summed E-state index contributed by atoms with van der Waals surface area (Å²) in [5, 5.41) is 11.7. The normalized spacial score (nSPS) is 37.1. The molecule has 2 aromatic rings. The zero-order valence-electron chi connectivity index (χ0n) is 17.1. The topological polar surface area (TPSA) is 59.0 Å². The summed E-state index contributed by atoms with van der Waals surface area (Å²) in [6.45, 7) is 2.19. The maximum Gasteiger partial charge on any atom is 0.257 e. The van der Waals surface area contributed by atoms with Crippen LogP contribution in [0, 0.1) is 17.8 Å². The molecule has 152 valence electrons. The Morgan fingerprint density at radius 3 is 2.38 bits per heavy atom. The zero-order valence-corrected chi connectivity index (χ0v) is 17.1. The van der Waals surface area contributed by atoms with Crippen LogP contribution in [0.15, 0.2) is 36.5 Å². The van der Waals surface area contributed by atoms with Gasteiger partial charge in [-0.1, -0.05) is 30.3 Å². The Morgan fingerprint density at radius 1 is 1.07 bits per heavy atom. The van der Waals surface area contributed by atoms with E-state index in [1.54, 1.807) is 6.20 Å². The molecule has 5 heteroatoms. The van der Waals surface area contributed by atoms with Gasteiger partial charge in [-0.15, -0.1) is 0 Å². The Balaban J connectivity index is 1.27. The van der Waals surface area contributed by atoms with Gasteiger partial charge in [0.25, 0.3) is 5.91 Å². The number of carbonyl (C=O) groups is 1. The number of nitrogens with zero attached hydrogens (tertiary/aromatic N) is 2. The van der Waals surface area contributed by atoms with Gasteiger partial charge >= 0.3 is 0 Å². The van der Waals surface area contributed by atoms with Crippen molar-refractivity contribution in [2.75, 3.05) is 5.32 Å². The lowest BCUT2D eigenvalue weighted by molar-refractivity contribution is -0.0166. The van der Waals surface area contributed by atoms with Crippen LogP contribution < -0.4 is 10.6 Å². The number of fused-ring (bicyclic) bond motifs is 1. The highest BCUT2D eigenvalue weighted by Gasteiger charge is 2.51. The summed E-state index contributed by atoms with van der Waals surface area (Å²) in [5.74, 6) is 3.40. The van der Waals surface area contributed by atoms with Crippen LogP contribution in [-0.2, 0) is 0 Å². The van der Waals surface area contributed by atoms with Crippen molar-refractivity contribution in [2.45, 2.75) is 69.5 Å². The highest BCUT2D eigenvalue weighted by Crippen LogP contribution is 2.55. The van der Waals surface area contributed by atoms with E-state index in [9.17, 15) is 4.79 Å². The minimum absolute atomic E-state index is 0.0275. The average Bonchev–Trinajstić information content (AvgIpc) is 3.12. The fourth-order valence-electron chi connectivity index (χ4n) is 7.15. The number of aromatic nitrogens is 2. The lowest BCUT2D eigenvalue weighted by atomic mass is 9.53. The van der Waals surface area contributed by atoms with E-state index in [2.05, 4.69) is 46.9 Å². The number of rotatable bonds is 3. The van der Waals surface area contributed by atoms with Gasteiger partial charge in [0.1, 0.15) is 11.4 Å². The van der Waals surface area contributed by atoms with Gasteiger partial charge in [0.05, 0.1) is 18.3 Å². The number of benzene rings is 1.